The van der Waals surface area contributed by atoms with Crippen molar-refractivity contribution in [3.05, 3.63) is 24.2 Å². The number of piperidine rings is 2. The average Bonchev–Trinajstić information content (AvgIpc) is 3.29. The molecular formula is C19H24N6O2. The van der Waals surface area contributed by atoms with Crippen molar-refractivity contribution in [1.82, 2.24) is 25.1 Å². The minimum atomic E-state index is 0.251. The molecule has 2 aromatic rings. The standard InChI is InChI=1S/C19H24N6O2/c1-2-26-10-11(1)16-7-17(24-23-16)21-18-8-20-9-19(22-18)27-15-5-13-3-12-4-14(6-15)25(12)13/h7-9,11-15H,1-6,10H2,(H2,21,22,23,24)/t11-,12?,13-,14+,15?/m1/s1. The molecule has 0 amide bonds. The Morgan fingerprint density at radius 1 is 1.11 bits per heavy atom. The van der Waals surface area contributed by atoms with Crippen LogP contribution < -0.4 is 10.1 Å². The van der Waals surface area contributed by atoms with Gasteiger partial charge in [0, 0.05) is 55.3 Å². The first-order valence-electron chi connectivity index (χ1n) is 9.98. The lowest BCUT2D eigenvalue weighted by Crippen LogP contribution is -2.73. The quantitative estimate of drug-likeness (QED) is 0.836. The summed E-state index contributed by atoms with van der Waals surface area (Å²) >= 11 is 0. The normalized spacial score (nSPS) is 34.4. The summed E-state index contributed by atoms with van der Waals surface area (Å²) in [6.07, 6.45) is 9.59. The van der Waals surface area contributed by atoms with Crippen LogP contribution in [0.2, 0.25) is 0 Å². The molecule has 142 valence electrons. The number of anilines is 2. The number of nitrogens with zero attached hydrogens (tertiary/aromatic N) is 4. The lowest BCUT2D eigenvalue weighted by Gasteiger charge is -2.65. The van der Waals surface area contributed by atoms with Crippen molar-refractivity contribution in [3.8, 4) is 5.88 Å². The van der Waals surface area contributed by atoms with Crippen molar-refractivity contribution in [1.29, 1.82) is 0 Å². The highest BCUT2D eigenvalue weighted by molar-refractivity contribution is 5.51. The van der Waals surface area contributed by atoms with E-state index in [2.05, 4.69) is 30.4 Å². The van der Waals surface area contributed by atoms with E-state index in [1.807, 2.05) is 6.07 Å². The van der Waals surface area contributed by atoms with E-state index in [4.69, 9.17) is 9.47 Å². The summed E-state index contributed by atoms with van der Waals surface area (Å²) in [7, 11) is 0. The molecule has 2 aromatic heterocycles. The van der Waals surface area contributed by atoms with Crippen molar-refractivity contribution in [3.63, 3.8) is 0 Å². The Morgan fingerprint density at radius 2 is 1.96 bits per heavy atom. The van der Waals surface area contributed by atoms with Gasteiger partial charge in [0.05, 0.1) is 19.0 Å². The molecule has 4 aliphatic heterocycles. The van der Waals surface area contributed by atoms with Crippen LogP contribution in [0.4, 0.5) is 11.6 Å². The topological polar surface area (TPSA) is 88.2 Å². The molecule has 4 saturated heterocycles. The first kappa shape index (κ1) is 15.8. The lowest BCUT2D eigenvalue weighted by molar-refractivity contribution is -0.166. The Balaban J connectivity index is 1.11. The van der Waals surface area contributed by atoms with Gasteiger partial charge in [-0.3, -0.25) is 15.0 Å². The monoisotopic (exact) mass is 368 g/mol. The fourth-order valence-corrected chi connectivity index (χ4v) is 5.22. The summed E-state index contributed by atoms with van der Waals surface area (Å²) in [5.74, 6) is 2.38. The molecular weight excluding hydrogens is 344 g/mol. The molecule has 0 aliphatic carbocycles. The lowest BCUT2D eigenvalue weighted by atomic mass is 9.69. The van der Waals surface area contributed by atoms with E-state index in [1.165, 1.54) is 12.8 Å². The number of rotatable bonds is 5. The second-order valence-corrected chi connectivity index (χ2v) is 8.23. The first-order chi connectivity index (χ1) is 13.3. The maximum Gasteiger partial charge on any atom is 0.234 e. The Bertz CT molecular complexity index is 819. The van der Waals surface area contributed by atoms with E-state index in [-0.39, 0.29) is 6.10 Å². The minimum Gasteiger partial charge on any atom is -0.473 e. The third-order valence-corrected chi connectivity index (χ3v) is 6.55. The van der Waals surface area contributed by atoms with Crippen LogP contribution >= 0.6 is 0 Å². The van der Waals surface area contributed by atoms with Crippen LogP contribution in [0.15, 0.2) is 18.5 Å². The molecule has 4 aliphatic rings. The van der Waals surface area contributed by atoms with Crippen molar-refractivity contribution >= 4 is 11.6 Å². The van der Waals surface area contributed by atoms with Crippen LogP contribution in [0.3, 0.4) is 0 Å². The van der Waals surface area contributed by atoms with Gasteiger partial charge in [-0.15, -0.1) is 0 Å². The van der Waals surface area contributed by atoms with Gasteiger partial charge in [-0.1, -0.05) is 0 Å². The first-order valence-corrected chi connectivity index (χ1v) is 9.98. The van der Waals surface area contributed by atoms with E-state index in [1.54, 1.807) is 12.4 Å². The maximum absolute atomic E-state index is 6.18. The predicted octanol–water partition coefficient (Wildman–Crippen LogP) is 2.20. The van der Waals surface area contributed by atoms with Gasteiger partial charge in [-0.05, 0) is 19.3 Å². The summed E-state index contributed by atoms with van der Waals surface area (Å²) in [5.41, 5.74) is 1.10. The number of hydrogen-bond donors (Lipinski definition) is 2. The van der Waals surface area contributed by atoms with E-state index in [9.17, 15) is 0 Å². The average molecular weight is 368 g/mol. The van der Waals surface area contributed by atoms with E-state index >= 15 is 0 Å². The van der Waals surface area contributed by atoms with Gasteiger partial charge in [-0.2, -0.15) is 10.1 Å². The smallest absolute Gasteiger partial charge is 0.234 e. The molecule has 2 N–H and O–H groups in total. The Hall–Kier alpha value is -2.19. The maximum atomic E-state index is 6.18. The van der Waals surface area contributed by atoms with Crippen LogP contribution in [0.5, 0.6) is 5.88 Å². The van der Waals surface area contributed by atoms with Crippen LogP contribution in [0.25, 0.3) is 0 Å². The van der Waals surface area contributed by atoms with Crippen molar-refractivity contribution in [2.45, 2.75) is 62.3 Å². The molecule has 4 fully saturated rings. The molecule has 5 atom stereocenters. The van der Waals surface area contributed by atoms with Crippen LogP contribution in [0.1, 0.15) is 43.7 Å². The molecule has 0 radical (unpaired) electrons. The van der Waals surface area contributed by atoms with E-state index in [0.29, 0.717) is 17.6 Å². The van der Waals surface area contributed by atoms with Gasteiger partial charge in [0.1, 0.15) is 6.10 Å². The summed E-state index contributed by atoms with van der Waals surface area (Å²) in [6, 6.07) is 4.35. The Labute approximate surface area is 157 Å². The number of hydrogen-bond acceptors (Lipinski definition) is 7. The van der Waals surface area contributed by atoms with Gasteiger partial charge in [0.2, 0.25) is 5.88 Å². The number of H-pyrrole nitrogens is 1. The number of aromatic nitrogens is 4. The second-order valence-electron chi connectivity index (χ2n) is 8.23. The molecule has 0 saturated carbocycles. The zero-order chi connectivity index (χ0) is 17.8. The van der Waals surface area contributed by atoms with Gasteiger partial charge in [0.15, 0.2) is 11.6 Å². The largest absolute Gasteiger partial charge is 0.473 e. The minimum absolute atomic E-state index is 0.251. The molecule has 2 unspecified atom stereocenters. The van der Waals surface area contributed by atoms with Crippen LogP contribution in [-0.4, -0.2) is 62.5 Å². The predicted molar refractivity (Wildman–Crippen MR) is 98.2 cm³/mol. The molecule has 6 heterocycles. The highest BCUT2D eigenvalue weighted by Gasteiger charge is 2.55. The van der Waals surface area contributed by atoms with E-state index in [0.717, 1.165) is 62.1 Å². The summed E-state index contributed by atoms with van der Waals surface area (Å²) in [6.45, 7) is 1.57. The molecule has 0 aromatic carbocycles. The van der Waals surface area contributed by atoms with Crippen LogP contribution in [0, 0.1) is 0 Å². The van der Waals surface area contributed by atoms with Gasteiger partial charge in [0.25, 0.3) is 0 Å². The summed E-state index contributed by atoms with van der Waals surface area (Å²) < 4.78 is 11.6. The summed E-state index contributed by atoms with van der Waals surface area (Å²) in [5, 5.41) is 10.7. The highest BCUT2D eigenvalue weighted by Crippen LogP contribution is 2.49. The molecule has 0 spiro atoms. The fourth-order valence-electron chi connectivity index (χ4n) is 5.22. The van der Waals surface area contributed by atoms with Gasteiger partial charge < -0.3 is 14.8 Å². The molecule has 6 rings (SSSR count). The molecule has 27 heavy (non-hydrogen) atoms. The molecule has 8 nitrogen and oxygen atoms in total. The van der Waals surface area contributed by atoms with Crippen molar-refractivity contribution in [2.75, 3.05) is 18.5 Å². The zero-order valence-corrected chi connectivity index (χ0v) is 15.2. The van der Waals surface area contributed by atoms with Crippen molar-refractivity contribution in [2.24, 2.45) is 0 Å². The fraction of sp³-hybridized carbons (Fsp3) is 0.632. The van der Waals surface area contributed by atoms with Gasteiger partial charge >= 0.3 is 0 Å². The third-order valence-electron chi connectivity index (χ3n) is 6.55. The Morgan fingerprint density at radius 3 is 2.74 bits per heavy atom. The highest BCUT2D eigenvalue weighted by atomic mass is 16.5. The van der Waals surface area contributed by atoms with E-state index < -0.39 is 0 Å². The Kier molecular flexibility index (Phi) is 3.62. The van der Waals surface area contributed by atoms with Crippen LogP contribution in [-0.2, 0) is 4.74 Å². The molecule has 0 bridgehead atoms. The van der Waals surface area contributed by atoms with Crippen molar-refractivity contribution < 1.29 is 9.47 Å². The molecule has 8 heteroatoms. The number of aromatic amines is 1. The zero-order valence-electron chi connectivity index (χ0n) is 15.2. The SMILES string of the molecule is c1ncc(OC2C[C@@H]3CC4C[C@H](C2)N43)nc1Nc1cc([C@@H]2CCOC2)[nH]n1. The number of nitrogens with one attached hydrogen (secondary N) is 2. The second kappa shape index (κ2) is 6.17. The summed E-state index contributed by atoms with van der Waals surface area (Å²) in [4.78, 5) is 11.5. The van der Waals surface area contributed by atoms with Gasteiger partial charge in [-0.25, -0.2) is 0 Å². The third kappa shape index (κ3) is 2.78. The number of ether oxygens (including phenoxy) is 2.